The minimum absolute atomic E-state index is 0.00532. The van der Waals surface area contributed by atoms with Crippen LogP contribution in [0.4, 0.5) is 0 Å². The van der Waals surface area contributed by atoms with Crippen LogP contribution in [0, 0.1) is 0 Å². The van der Waals surface area contributed by atoms with Crippen LogP contribution in [0.25, 0.3) is 0 Å². The van der Waals surface area contributed by atoms with Crippen molar-refractivity contribution in [1.29, 1.82) is 0 Å². The van der Waals surface area contributed by atoms with Gasteiger partial charge in [-0.3, -0.25) is 9.59 Å². The van der Waals surface area contributed by atoms with E-state index in [1.165, 1.54) is 19.1 Å². The van der Waals surface area contributed by atoms with E-state index in [1.807, 2.05) is 0 Å². The highest BCUT2D eigenvalue weighted by Gasteiger charge is 2.51. The Morgan fingerprint density at radius 3 is 2.58 bits per heavy atom. The number of carbonyl (C=O) groups excluding carboxylic acids is 2. The molecule has 0 saturated carbocycles. The lowest BCUT2D eigenvalue weighted by Gasteiger charge is -2.41. The zero-order valence-electron chi connectivity index (χ0n) is 22.1. The minimum atomic E-state index is -1.26. The van der Waals surface area contributed by atoms with Crippen molar-refractivity contribution in [1.82, 2.24) is 10.2 Å². The molecule has 4 atom stereocenters. The first-order valence-electron chi connectivity index (χ1n) is 12.7. The summed E-state index contributed by atoms with van der Waals surface area (Å²) in [4.78, 5) is 28.3. The molecule has 1 aliphatic heterocycles. The molecule has 2 aromatic carbocycles. The van der Waals surface area contributed by atoms with Crippen LogP contribution in [0.15, 0.2) is 42.0 Å². The maximum absolute atomic E-state index is 13.5. The van der Waals surface area contributed by atoms with Gasteiger partial charge in [-0.05, 0) is 41.5 Å². The van der Waals surface area contributed by atoms with Crippen LogP contribution >= 0.6 is 23.2 Å². The van der Waals surface area contributed by atoms with Crippen molar-refractivity contribution in [3.05, 3.63) is 68.7 Å². The number of methoxy groups -OCH3 is 2. The number of hydrogen-bond donors (Lipinski definition) is 4. The first-order chi connectivity index (χ1) is 19.2. The minimum Gasteiger partial charge on any atom is -0.493 e. The number of ether oxygens (including phenoxy) is 3. The van der Waals surface area contributed by atoms with Crippen molar-refractivity contribution in [2.45, 2.75) is 43.7 Å². The number of carbonyl (C=O) groups is 2. The number of fused-ring (bicyclic) bond motifs is 3. The number of benzene rings is 2. The lowest BCUT2D eigenvalue weighted by molar-refractivity contribution is -0.139. The van der Waals surface area contributed by atoms with Crippen LogP contribution in [0.5, 0.6) is 11.5 Å². The van der Waals surface area contributed by atoms with E-state index in [9.17, 15) is 24.9 Å². The Kier molecular flexibility index (Phi) is 9.94. The summed E-state index contributed by atoms with van der Waals surface area (Å²) in [5, 5.41) is 34.3. The van der Waals surface area contributed by atoms with E-state index in [1.54, 1.807) is 36.4 Å². The number of nitrogens with one attached hydrogen (secondary N) is 1. The van der Waals surface area contributed by atoms with Crippen LogP contribution in [-0.2, 0) is 27.5 Å². The van der Waals surface area contributed by atoms with Crippen LogP contribution in [0.2, 0.25) is 10.0 Å². The summed E-state index contributed by atoms with van der Waals surface area (Å²) >= 11 is 12.5. The number of rotatable bonds is 11. The second kappa shape index (κ2) is 13.2. The van der Waals surface area contributed by atoms with Gasteiger partial charge in [0.15, 0.2) is 11.5 Å². The molecule has 4 rings (SSSR count). The van der Waals surface area contributed by atoms with Crippen LogP contribution in [0.3, 0.4) is 0 Å². The van der Waals surface area contributed by atoms with Gasteiger partial charge in [-0.15, -0.1) is 0 Å². The SMILES string of the molecule is COCCC(=O)N(Cc1ccc(Cl)cc1Cl)[C@@H]1C=C(C(=O)NCCO)[C@@H]2c3cc(CO)cc(OC)c3O[C@@H]2[C@H]1O. The second-order valence-corrected chi connectivity index (χ2v) is 10.4. The van der Waals surface area contributed by atoms with Crippen molar-refractivity contribution in [2.24, 2.45) is 0 Å². The summed E-state index contributed by atoms with van der Waals surface area (Å²) in [6, 6.07) is 7.26. The Morgan fingerprint density at radius 2 is 1.93 bits per heavy atom. The largest absolute Gasteiger partial charge is 0.493 e. The average molecular weight is 595 g/mol. The van der Waals surface area contributed by atoms with E-state index in [2.05, 4.69) is 5.32 Å². The molecule has 2 aliphatic rings. The number of hydrogen-bond acceptors (Lipinski definition) is 8. The summed E-state index contributed by atoms with van der Waals surface area (Å²) in [6.45, 7) is -0.373. The molecular formula is C28H32Cl2N2O8. The second-order valence-electron chi connectivity index (χ2n) is 9.52. The van der Waals surface area contributed by atoms with E-state index in [0.717, 1.165) is 0 Å². The first kappa shape index (κ1) is 30.1. The third kappa shape index (κ3) is 6.07. The summed E-state index contributed by atoms with van der Waals surface area (Å²) in [5.74, 6) is -0.864. The maximum Gasteiger partial charge on any atom is 0.247 e. The van der Waals surface area contributed by atoms with Gasteiger partial charge in [0.05, 0.1) is 45.3 Å². The Labute approximate surface area is 242 Å². The third-order valence-corrected chi connectivity index (χ3v) is 7.64. The molecule has 40 heavy (non-hydrogen) atoms. The molecule has 10 nitrogen and oxygen atoms in total. The van der Waals surface area contributed by atoms with Crippen molar-refractivity contribution in [3.63, 3.8) is 0 Å². The monoisotopic (exact) mass is 594 g/mol. The summed E-state index contributed by atoms with van der Waals surface area (Å²) in [6.07, 6.45) is -0.634. The van der Waals surface area contributed by atoms with Gasteiger partial charge in [-0.25, -0.2) is 0 Å². The van der Waals surface area contributed by atoms with Gasteiger partial charge in [0, 0.05) is 41.4 Å². The highest BCUT2D eigenvalue weighted by atomic mass is 35.5. The Bertz CT molecular complexity index is 1290. The van der Waals surface area contributed by atoms with Gasteiger partial charge in [-0.2, -0.15) is 0 Å². The zero-order valence-corrected chi connectivity index (χ0v) is 23.6. The predicted molar refractivity (Wildman–Crippen MR) is 148 cm³/mol. The van der Waals surface area contributed by atoms with Gasteiger partial charge in [-0.1, -0.05) is 29.3 Å². The molecule has 0 unspecified atom stereocenters. The number of nitrogens with zero attached hydrogens (tertiary/aromatic N) is 1. The van der Waals surface area contributed by atoms with Gasteiger partial charge >= 0.3 is 0 Å². The summed E-state index contributed by atoms with van der Waals surface area (Å²) in [7, 11) is 2.94. The molecule has 1 aliphatic carbocycles. The molecule has 2 amide bonds. The molecule has 216 valence electrons. The molecule has 0 aromatic heterocycles. The van der Waals surface area contributed by atoms with Crippen molar-refractivity contribution < 1.29 is 39.1 Å². The normalized spacial score (nSPS) is 21.1. The lowest BCUT2D eigenvalue weighted by atomic mass is 9.77. The van der Waals surface area contributed by atoms with Gasteiger partial charge in [0.25, 0.3) is 0 Å². The Morgan fingerprint density at radius 1 is 1.15 bits per heavy atom. The van der Waals surface area contributed by atoms with E-state index in [0.29, 0.717) is 38.2 Å². The highest BCUT2D eigenvalue weighted by molar-refractivity contribution is 6.35. The molecule has 12 heteroatoms. The number of halogens is 2. The summed E-state index contributed by atoms with van der Waals surface area (Å²) < 4.78 is 16.8. The maximum atomic E-state index is 13.5. The van der Waals surface area contributed by atoms with Crippen molar-refractivity contribution >= 4 is 35.0 Å². The molecule has 2 aromatic rings. The van der Waals surface area contributed by atoms with Crippen molar-refractivity contribution in [3.8, 4) is 11.5 Å². The topological polar surface area (TPSA) is 138 Å². The lowest BCUT2D eigenvalue weighted by Crippen LogP contribution is -2.55. The molecule has 1 heterocycles. The fourth-order valence-corrected chi connectivity index (χ4v) is 5.61. The highest BCUT2D eigenvalue weighted by Crippen LogP contribution is 2.51. The van der Waals surface area contributed by atoms with E-state index in [4.69, 9.17) is 37.4 Å². The average Bonchev–Trinajstić information content (AvgIpc) is 3.34. The number of aliphatic hydroxyl groups excluding tert-OH is 3. The standard InChI is InChI=1S/C28H32Cl2N2O8/c1-38-8-5-23(35)32(13-16-3-4-17(29)11-20(16)30)21-12-19(28(37)31-6-7-33)24-18-9-15(14-34)10-22(39-2)26(18)40-27(24)25(21)36/h3-4,9-12,21,24-25,27,33-34,36H,5-8,13-14H2,1-2H3,(H,31,37)/t21-,24+,25+,27+/m1/s1. The van der Waals surface area contributed by atoms with Crippen LogP contribution in [-0.4, -0.2) is 84.3 Å². The van der Waals surface area contributed by atoms with Gasteiger partial charge < -0.3 is 39.7 Å². The summed E-state index contributed by atoms with van der Waals surface area (Å²) in [5.41, 5.74) is 1.95. The third-order valence-electron chi connectivity index (χ3n) is 7.05. The molecule has 0 fully saturated rings. The number of aliphatic hydroxyl groups is 3. The molecule has 0 bridgehead atoms. The van der Waals surface area contributed by atoms with Gasteiger partial charge in [0.2, 0.25) is 11.8 Å². The first-order valence-corrected chi connectivity index (χ1v) is 13.5. The molecule has 4 N–H and O–H groups in total. The predicted octanol–water partition coefficient (Wildman–Crippen LogP) is 2.18. The molecule has 0 saturated heterocycles. The fourth-order valence-electron chi connectivity index (χ4n) is 5.15. The van der Waals surface area contributed by atoms with Crippen molar-refractivity contribution in [2.75, 3.05) is 34.0 Å². The molecule has 0 radical (unpaired) electrons. The van der Waals surface area contributed by atoms with Gasteiger partial charge in [0.1, 0.15) is 12.2 Å². The fraction of sp³-hybridized carbons (Fsp3) is 0.429. The van der Waals surface area contributed by atoms with E-state index in [-0.39, 0.29) is 50.8 Å². The quantitative estimate of drug-likeness (QED) is 0.310. The smallest absolute Gasteiger partial charge is 0.247 e. The van der Waals surface area contributed by atoms with E-state index >= 15 is 0 Å². The Hall–Kier alpha value is -2.86. The zero-order chi connectivity index (χ0) is 29.0. The number of amides is 2. The van der Waals surface area contributed by atoms with E-state index < -0.39 is 30.1 Å². The Balaban J connectivity index is 1.82. The molecular weight excluding hydrogens is 563 g/mol. The van der Waals surface area contributed by atoms with Crippen LogP contribution in [0.1, 0.15) is 29.0 Å². The molecule has 0 spiro atoms. The van der Waals surface area contributed by atoms with Crippen LogP contribution < -0.4 is 14.8 Å².